The summed E-state index contributed by atoms with van der Waals surface area (Å²) in [5, 5.41) is 12.0. The molecule has 0 amide bonds. The zero-order chi connectivity index (χ0) is 12.8. The maximum absolute atomic E-state index is 13.4. The van der Waals surface area contributed by atoms with E-state index in [2.05, 4.69) is 5.32 Å². The molecule has 100 valence electrons. The first-order valence-electron chi connectivity index (χ1n) is 6.54. The van der Waals surface area contributed by atoms with E-state index in [9.17, 15) is 4.39 Å². The third-order valence-corrected chi connectivity index (χ3v) is 2.92. The molecule has 1 aliphatic carbocycles. The third kappa shape index (κ3) is 4.63. The minimum atomic E-state index is -0.262. The quantitative estimate of drug-likeness (QED) is 0.698. The zero-order valence-electron chi connectivity index (χ0n) is 10.5. The molecule has 3 nitrogen and oxygen atoms in total. The highest BCUT2D eigenvalue weighted by molar-refractivity contribution is 5.29. The molecule has 2 rings (SSSR count). The average Bonchev–Trinajstić information content (AvgIpc) is 3.16. The third-order valence-electron chi connectivity index (χ3n) is 2.92. The Morgan fingerprint density at radius 2 is 2.11 bits per heavy atom. The van der Waals surface area contributed by atoms with Crippen LogP contribution in [0.4, 0.5) is 4.39 Å². The second kappa shape index (κ2) is 6.71. The van der Waals surface area contributed by atoms with E-state index >= 15 is 0 Å². The van der Waals surface area contributed by atoms with Crippen LogP contribution in [0, 0.1) is 5.82 Å². The first kappa shape index (κ1) is 13.3. The zero-order valence-corrected chi connectivity index (χ0v) is 10.5. The van der Waals surface area contributed by atoms with Crippen LogP contribution in [-0.2, 0) is 6.54 Å². The van der Waals surface area contributed by atoms with Crippen LogP contribution in [0.2, 0.25) is 0 Å². The molecule has 0 unspecified atom stereocenters. The molecule has 0 heterocycles. The van der Waals surface area contributed by atoms with E-state index in [4.69, 9.17) is 9.84 Å². The van der Waals surface area contributed by atoms with Crippen molar-refractivity contribution in [1.29, 1.82) is 0 Å². The van der Waals surface area contributed by atoms with Crippen molar-refractivity contribution < 1.29 is 14.2 Å². The van der Waals surface area contributed by atoms with Gasteiger partial charge in [0.1, 0.15) is 11.6 Å². The van der Waals surface area contributed by atoms with Gasteiger partial charge in [0.05, 0.1) is 6.61 Å². The Morgan fingerprint density at radius 3 is 2.83 bits per heavy atom. The Kier molecular flexibility index (Phi) is 4.96. The summed E-state index contributed by atoms with van der Waals surface area (Å²) >= 11 is 0. The van der Waals surface area contributed by atoms with Crippen molar-refractivity contribution >= 4 is 0 Å². The molecule has 18 heavy (non-hydrogen) atoms. The molecule has 0 aliphatic heterocycles. The molecule has 4 heteroatoms. The summed E-state index contributed by atoms with van der Waals surface area (Å²) in [6.45, 7) is 1.37. The number of aliphatic hydroxyl groups excluding tert-OH is 1. The smallest absolute Gasteiger partial charge is 0.127 e. The van der Waals surface area contributed by atoms with Crippen LogP contribution in [0.25, 0.3) is 0 Å². The van der Waals surface area contributed by atoms with Crippen LogP contribution in [0.1, 0.15) is 31.2 Å². The van der Waals surface area contributed by atoms with Crippen molar-refractivity contribution in [2.24, 2.45) is 0 Å². The lowest BCUT2D eigenvalue weighted by Gasteiger charge is -2.09. The fraction of sp³-hybridized carbons (Fsp3) is 0.571. The van der Waals surface area contributed by atoms with Gasteiger partial charge in [-0.1, -0.05) is 0 Å². The number of halogens is 1. The SMILES string of the molecule is OCCCCOc1cc(F)cc(CNC2CC2)c1. The maximum atomic E-state index is 13.4. The number of aliphatic hydroxyl groups is 1. The fourth-order valence-electron chi connectivity index (χ4n) is 1.76. The molecule has 0 aromatic heterocycles. The van der Waals surface area contributed by atoms with E-state index < -0.39 is 0 Å². The Balaban J connectivity index is 1.84. The lowest BCUT2D eigenvalue weighted by atomic mass is 10.2. The molecule has 0 saturated heterocycles. The summed E-state index contributed by atoms with van der Waals surface area (Å²) in [5.41, 5.74) is 0.916. The predicted molar refractivity (Wildman–Crippen MR) is 68.1 cm³/mol. The van der Waals surface area contributed by atoms with Gasteiger partial charge < -0.3 is 15.2 Å². The first-order valence-corrected chi connectivity index (χ1v) is 6.54. The maximum Gasteiger partial charge on any atom is 0.127 e. The summed E-state index contributed by atoms with van der Waals surface area (Å²) < 4.78 is 18.9. The number of nitrogens with one attached hydrogen (secondary N) is 1. The topological polar surface area (TPSA) is 41.5 Å². The molecule has 0 radical (unpaired) electrons. The van der Waals surface area contributed by atoms with Crippen LogP contribution in [0.15, 0.2) is 18.2 Å². The number of benzene rings is 1. The number of hydrogen-bond acceptors (Lipinski definition) is 3. The molecule has 0 atom stereocenters. The fourth-order valence-corrected chi connectivity index (χ4v) is 1.76. The first-order chi connectivity index (χ1) is 8.78. The highest BCUT2D eigenvalue weighted by Crippen LogP contribution is 2.21. The average molecular weight is 253 g/mol. The molecule has 1 saturated carbocycles. The van der Waals surface area contributed by atoms with Crippen LogP contribution < -0.4 is 10.1 Å². The van der Waals surface area contributed by atoms with Crippen molar-refractivity contribution in [2.75, 3.05) is 13.2 Å². The van der Waals surface area contributed by atoms with Gasteiger partial charge in [0.25, 0.3) is 0 Å². The summed E-state index contributed by atoms with van der Waals surface area (Å²) in [4.78, 5) is 0. The Hall–Kier alpha value is -1.13. The molecular formula is C14H20FNO2. The predicted octanol–water partition coefficient (Wildman–Crippen LogP) is 2.23. The Morgan fingerprint density at radius 1 is 1.28 bits per heavy atom. The van der Waals surface area contributed by atoms with E-state index in [-0.39, 0.29) is 12.4 Å². The van der Waals surface area contributed by atoms with E-state index in [1.807, 2.05) is 6.07 Å². The van der Waals surface area contributed by atoms with Crippen molar-refractivity contribution in [3.8, 4) is 5.75 Å². The number of ether oxygens (including phenoxy) is 1. The lowest BCUT2D eigenvalue weighted by Crippen LogP contribution is -2.15. The van der Waals surface area contributed by atoms with E-state index in [1.54, 1.807) is 0 Å². The van der Waals surface area contributed by atoms with Gasteiger partial charge >= 0.3 is 0 Å². The summed E-state index contributed by atoms with van der Waals surface area (Å²) in [6.07, 6.45) is 3.94. The minimum absolute atomic E-state index is 0.170. The summed E-state index contributed by atoms with van der Waals surface area (Å²) in [5.74, 6) is 0.308. The van der Waals surface area contributed by atoms with Gasteiger partial charge in [-0.3, -0.25) is 0 Å². The van der Waals surface area contributed by atoms with Crippen LogP contribution >= 0.6 is 0 Å². The molecule has 2 N–H and O–H groups in total. The van der Waals surface area contributed by atoms with Gasteiger partial charge in [0.15, 0.2) is 0 Å². The Bertz CT molecular complexity index is 380. The van der Waals surface area contributed by atoms with Crippen LogP contribution in [0.5, 0.6) is 5.75 Å². The van der Waals surface area contributed by atoms with Gasteiger partial charge in [0, 0.05) is 25.3 Å². The second-order valence-corrected chi connectivity index (χ2v) is 4.73. The number of hydrogen-bond donors (Lipinski definition) is 2. The molecule has 1 aliphatic rings. The molecular weight excluding hydrogens is 233 g/mol. The largest absolute Gasteiger partial charge is 0.493 e. The highest BCUT2D eigenvalue weighted by atomic mass is 19.1. The highest BCUT2D eigenvalue weighted by Gasteiger charge is 2.20. The van der Waals surface area contributed by atoms with Gasteiger partial charge in [-0.25, -0.2) is 4.39 Å². The summed E-state index contributed by atoms with van der Waals surface area (Å²) in [6, 6.07) is 5.43. The normalized spacial score (nSPS) is 14.8. The van der Waals surface area contributed by atoms with Gasteiger partial charge in [0.2, 0.25) is 0 Å². The number of rotatable bonds is 8. The molecule has 1 aromatic carbocycles. The van der Waals surface area contributed by atoms with Crippen LogP contribution in [-0.4, -0.2) is 24.4 Å². The van der Waals surface area contributed by atoms with Crippen molar-refractivity contribution in [2.45, 2.75) is 38.3 Å². The van der Waals surface area contributed by atoms with Crippen molar-refractivity contribution in [3.63, 3.8) is 0 Å². The van der Waals surface area contributed by atoms with Gasteiger partial charge in [-0.05, 0) is 43.4 Å². The monoisotopic (exact) mass is 253 g/mol. The second-order valence-electron chi connectivity index (χ2n) is 4.73. The molecule has 0 spiro atoms. The standard InChI is InChI=1S/C14H20FNO2/c15-12-7-11(10-16-13-3-4-13)8-14(9-12)18-6-2-1-5-17/h7-9,13,16-17H,1-6,10H2. The summed E-state index contributed by atoms with van der Waals surface area (Å²) in [7, 11) is 0. The minimum Gasteiger partial charge on any atom is -0.493 e. The molecule has 1 fully saturated rings. The lowest BCUT2D eigenvalue weighted by molar-refractivity contribution is 0.252. The molecule has 1 aromatic rings. The molecule has 0 bridgehead atoms. The number of unbranched alkanes of at least 4 members (excludes halogenated alkanes) is 1. The van der Waals surface area contributed by atoms with Gasteiger partial charge in [-0.15, -0.1) is 0 Å². The van der Waals surface area contributed by atoms with E-state index in [1.165, 1.54) is 25.0 Å². The van der Waals surface area contributed by atoms with Crippen molar-refractivity contribution in [1.82, 2.24) is 5.32 Å². The van der Waals surface area contributed by atoms with Crippen LogP contribution in [0.3, 0.4) is 0 Å². The van der Waals surface area contributed by atoms with E-state index in [0.717, 1.165) is 12.0 Å². The Labute approximate surface area is 107 Å². The van der Waals surface area contributed by atoms with Gasteiger partial charge in [-0.2, -0.15) is 0 Å². The van der Waals surface area contributed by atoms with E-state index in [0.29, 0.717) is 31.4 Å². The van der Waals surface area contributed by atoms with Crippen molar-refractivity contribution in [3.05, 3.63) is 29.6 Å².